The summed E-state index contributed by atoms with van der Waals surface area (Å²) < 4.78 is 5.28. The molecule has 0 aromatic heterocycles. The van der Waals surface area contributed by atoms with Gasteiger partial charge in [0.15, 0.2) is 0 Å². The second-order valence-corrected chi connectivity index (χ2v) is 5.97. The summed E-state index contributed by atoms with van der Waals surface area (Å²) in [5, 5.41) is 18.5. The first-order valence-electron chi connectivity index (χ1n) is 6.57. The SMILES string of the molecule is CC(C)(C)OC(=O)N1CCC(O)C(CCC(=O)O)C1. The molecule has 0 bridgehead atoms. The van der Waals surface area contributed by atoms with E-state index < -0.39 is 23.8 Å². The number of likely N-dealkylation sites (tertiary alicyclic amines) is 1. The fraction of sp³-hybridized carbons (Fsp3) is 0.846. The van der Waals surface area contributed by atoms with E-state index in [1.807, 2.05) is 0 Å². The highest BCUT2D eigenvalue weighted by Crippen LogP contribution is 2.23. The number of hydrogen-bond acceptors (Lipinski definition) is 4. The third kappa shape index (κ3) is 5.46. The van der Waals surface area contributed by atoms with E-state index in [2.05, 4.69) is 0 Å². The van der Waals surface area contributed by atoms with E-state index in [1.54, 1.807) is 25.7 Å². The Hall–Kier alpha value is -1.30. The molecule has 1 aliphatic rings. The normalized spacial score (nSPS) is 24.1. The molecule has 0 aromatic rings. The smallest absolute Gasteiger partial charge is 0.410 e. The first-order valence-corrected chi connectivity index (χ1v) is 6.57. The maximum Gasteiger partial charge on any atom is 0.410 e. The van der Waals surface area contributed by atoms with Gasteiger partial charge in [0.25, 0.3) is 0 Å². The lowest BCUT2D eigenvalue weighted by molar-refractivity contribution is -0.137. The number of amides is 1. The summed E-state index contributed by atoms with van der Waals surface area (Å²) in [5.41, 5.74) is -0.552. The van der Waals surface area contributed by atoms with Crippen LogP contribution in [0.2, 0.25) is 0 Å². The number of carbonyl (C=O) groups is 2. The third-order valence-corrected chi connectivity index (χ3v) is 3.07. The van der Waals surface area contributed by atoms with Gasteiger partial charge < -0.3 is 19.8 Å². The van der Waals surface area contributed by atoms with Crippen LogP contribution in [0, 0.1) is 5.92 Å². The number of ether oxygens (including phenoxy) is 1. The standard InChI is InChI=1S/C13H23NO5/c1-13(2,3)19-12(18)14-7-6-10(15)9(8-14)4-5-11(16)17/h9-10,15H,4-8H2,1-3H3,(H,16,17). The summed E-state index contributed by atoms with van der Waals surface area (Å²) in [6.45, 7) is 6.19. The molecular weight excluding hydrogens is 250 g/mol. The lowest BCUT2D eigenvalue weighted by Gasteiger charge is -2.36. The molecule has 6 heteroatoms. The second kappa shape index (κ2) is 6.23. The summed E-state index contributed by atoms with van der Waals surface area (Å²) in [7, 11) is 0. The van der Waals surface area contributed by atoms with Gasteiger partial charge in [0.1, 0.15) is 5.60 Å². The Bertz CT molecular complexity index is 336. The van der Waals surface area contributed by atoms with Gasteiger partial charge in [-0.3, -0.25) is 4.79 Å². The molecule has 1 heterocycles. The molecule has 0 radical (unpaired) electrons. The van der Waals surface area contributed by atoms with Crippen LogP contribution < -0.4 is 0 Å². The molecule has 1 saturated heterocycles. The first-order chi connectivity index (χ1) is 8.69. The van der Waals surface area contributed by atoms with E-state index in [0.717, 1.165) is 0 Å². The summed E-state index contributed by atoms with van der Waals surface area (Å²) in [6, 6.07) is 0. The molecule has 1 rings (SSSR count). The van der Waals surface area contributed by atoms with Crippen molar-refractivity contribution in [2.75, 3.05) is 13.1 Å². The average Bonchev–Trinajstić information content (AvgIpc) is 2.25. The second-order valence-electron chi connectivity index (χ2n) is 5.97. The Morgan fingerprint density at radius 3 is 2.53 bits per heavy atom. The highest BCUT2D eigenvalue weighted by molar-refractivity contribution is 5.68. The molecule has 1 fully saturated rings. The van der Waals surface area contributed by atoms with Gasteiger partial charge in [-0.15, -0.1) is 0 Å². The average molecular weight is 273 g/mol. The predicted molar refractivity (Wildman–Crippen MR) is 68.8 cm³/mol. The highest BCUT2D eigenvalue weighted by Gasteiger charge is 2.32. The van der Waals surface area contributed by atoms with Crippen LogP contribution >= 0.6 is 0 Å². The Labute approximate surface area is 113 Å². The monoisotopic (exact) mass is 273 g/mol. The van der Waals surface area contributed by atoms with Gasteiger partial charge in [-0.25, -0.2) is 4.79 Å². The fourth-order valence-corrected chi connectivity index (χ4v) is 2.10. The molecule has 0 aliphatic carbocycles. The number of rotatable bonds is 3. The molecule has 6 nitrogen and oxygen atoms in total. The van der Waals surface area contributed by atoms with Gasteiger partial charge in [-0.05, 0) is 33.6 Å². The van der Waals surface area contributed by atoms with E-state index in [-0.39, 0.29) is 12.3 Å². The quantitative estimate of drug-likeness (QED) is 0.813. The van der Waals surface area contributed by atoms with Gasteiger partial charge in [0.2, 0.25) is 0 Å². The molecular formula is C13H23NO5. The molecule has 19 heavy (non-hydrogen) atoms. The molecule has 2 unspecified atom stereocenters. The van der Waals surface area contributed by atoms with Crippen molar-refractivity contribution in [2.45, 2.75) is 51.7 Å². The lowest BCUT2D eigenvalue weighted by Crippen LogP contribution is -2.47. The zero-order valence-electron chi connectivity index (χ0n) is 11.8. The number of aliphatic hydroxyl groups is 1. The van der Waals surface area contributed by atoms with Crippen molar-refractivity contribution in [1.82, 2.24) is 4.90 Å². The predicted octanol–water partition coefficient (Wildman–Crippen LogP) is 1.47. The van der Waals surface area contributed by atoms with Crippen molar-refractivity contribution in [3.63, 3.8) is 0 Å². The van der Waals surface area contributed by atoms with Crippen LogP contribution in [0.15, 0.2) is 0 Å². The number of carboxylic acid groups (broad SMARTS) is 1. The number of carbonyl (C=O) groups excluding carboxylic acids is 1. The molecule has 1 aliphatic heterocycles. The number of nitrogens with zero attached hydrogens (tertiary/aromatic N) is 1. The maximum absolute atomic E-state index is 11.9. The summed E-state index contributed by atoms with van der Waals surface area (Å²) >= 11 is 0. The van der Waals surface area contributed by atoms with Gasteiger partial charge in [-0.2, -0.15) is 0 Å². The summed E-state index contributed by atoms with van der Waals surface area (Å²) in [4.78, 5) is 24.0. The number of carboxylic acids is 1. The zero-order chi connectivity index (χ0) is 14.6. The van der Waals surface area contributed by atoms with Crippen LogP contribution in [0.3, 0.4) is 0 Å². The fourth-order valence-electron chi connectivity index (χ4n) is 2.10. The molecule has 2 atom stereocenters. The number of hydrogen-bond donors (Lipinski definition) is 2. The topological polar surface area (TPSA) is 87.1 Å². The van der Waals surface area contributed by atoms with Crippen molar-refractivity contribution in [1.29, 1.82) is 0 Å². The van der Waals surface area contributed by atoms with Crippen LogP contribution in [0.4, 0.5) is 4.79 Å². The largest absolute Gasteiger partial charge is 0.481 e. The van der Waals surface area contributed by atoms with Crippen LogP contribution in [0.5, 0.6) is 0 Å². The van der Waals surface area contributed by atoms with E-state index in [9.17, 15) is 14.7 Å². The molecule has 0 spiro atoms. The van der Waals surface area contributed by atoms with Crippen molar-refractivity contribution in [2.24, 2.45) is 5.92 Å². The minimum absolute atomic E-state index is 0.00385. The molecule has 1 amide bonds. The Morgan fingerprint density at radius 1 is 1.37 bits per heavy atom. The van der Waals surface area contributed by atoms with E-state index in [0.29, 0.717) is 25.9 Å². The van der Waals surface area contributed by atoms with Gasteiger partial charge in [0.05, 0.1) is 6.10 Å². The third-order valence-electron chi connectivity index (χ3n) is 3.07. The van der Waals surface area contributed by atoms with Gasteiger partial charge in [-0.1, -0.05) is 0 Å². The number of piperidine rings is 1. The van der Waals surface area contributed by atoms with E-state index in [1.165, 1.54) is 0 Å². The summed E-state index contributed by atoms with van der Waals surface area (Å²) in [6.07, 6.45) is -0.110. The van der Waals surface area contributed by atoms with Crippen molar-refractivity contribution in [3.8, 4) is 0 Å². The minimum atomic E-state index is -0.887. The highest BCUT2D eigenvalue weighted by atomic mass is 16.6. The zero-order valence-corrected chi connectivity index (χ0v) is 11.8. The van der Waals surface area contributed by atoms with Crippen LogP contribution in [-0.4, -0.2) is 52.0 Å². The maximum atomic E-state index is 11.9. The number of aliphatic carboxylic acids is 1. The lowest BCUT2D eigenvalue weighted by atomic mass is 9.91. The van der Waals surface area contributed by atoms with Crippen LogP contribution in [0.1, 0.15) is 40.0 Å². The molecule has 2 N–H and O–H groups in total. The van der Waals surface area contributed by atoms with E-state index in [4.69, 9.17) is 9.84 Å². The first kappa shape index (κ1) is 15.8. The Balaban J connectivity index is 2.53. The van der Waals surface area contributed by atoms with E-state index >= 15 is 0 Å². The minimum Gasteiger partial charge on any atom is -0.481 e. The van der Waals surface area contributed by atoms with Gasteiger partial charge in [0, 0.05) is 25.4 Å². The molecule has 0 saturated carbocycles. The Morgan fingerprint density at radius 2 is 2.00 bits per heavy atom. The molecule has 0 aromatic carbocycles. The van der Waals surface area contributed by atoms with Crippen molar-refractivity contribution >= 4 is 12.1 Å². The van der Waals surface area contributed by atoms with Gasteiger partial charge >= 0.3 is 12.1 Å². The number of aliphatic hydroxyl groups excluding tert-OH is 1. The van der Waals surface area contributed by atoms with Crippen molar-refractivity contribution in [3.05, 3.63) is 0 Å². The van der Waals surface area contributed by atoms with Crippen LogP contribution in [-0.2, 0) is 9.53 Å². The van der Waals surface area contributed by atoms with Crippen LogP contribution in [0.25, 0.3) is 0 Å². The van der Waals surface area contributed by atoms with Crippen molar-refractivity contribution < 1.29 is 24.5 Å². The molecule has 110 valence electrons. The Kier molecular flexibility index (Phi) is 5.17. The summed E-state index contributed by atoms with van der Waals surface area (Å²) in [5.74, 6) is -1.08.